The van der Waals surface area contributed by atoms with E-state index in [1.807, 2.05) is 0 Å². The van der Waals surface area contributed by atoms with Crippen LogP contribution in [0.1, 0.15) is 53.4 Å². The molecule has 0 aromatic heterocycles. The van der Waals surface area contributed by atoms with Gasteiger partial charge < -0.3 is 14.6 Å². The number of epoxide rings is 1. The van der Waals surface area contributed by atoms with Gasteiger partial charge in [0.2, 0.25) is 0 Å². The van der Waals surface area contributed by atoms with Gasteiger partial charge in [-0.3, -0.25) is 0 Å². The van der Waals surface area contributed by atoms with Crippen LogP contribution in [-0.2, 0) is 9.47 Å². The molecule has 0 unspecified atom stereocenters. The van der Waals surface area contributed by atoms with Crippen LogP contribution in [0.4, 0.5) is 0 Å². The molecule has 3 nitrogen and oxygen atoms in total. The van der Waals surface area contributed by atoms with Crippen LogP contribution in [0.15, 0.2) is 11.6 Å². The number of allylic oxidation sites excluding steroid dienone is 1. The van der Waals surface area contributed by atoms with E-state index in [2.05, 4.69) is 33.8 Å². The summed E-state index contributed by atoms with van der Waals surface area (Å²) in [6.45, 7) is 8.65. The van der Waals surface area contributed by atoms with Crippen LogP contribution in [0.25, 0.3) is 0 Å². The van der Waals surface area contributed by atoms with E-state index in [1.54, 1.807) is 7.11 Å². The van der Waals surface area contributed by atoms with Crippen molar-refractivity contribution in [2.24, 2.45) is 17.3 Å². The fourth-order valence-corrected chi connectivity index (χ4v) is 4.81. The van der Waals surface area contributed by atoms with E-state index in [4.69, 9.17) is 9.47 Å². The number of methoxy groups -OCH3 is 1. The minimum Gasteiger partial charge on any atom is -0.390 e. The molecule has 1 heterocycles. The standard InChI is InChI=1S/C18H30O3/c1-11(2)6-7-13-17(4,21-13)16-15(20-5)14(19)12(3)10-18(16)8-9-18/h6,12-16,19H,7-10H2,1-5H3/t12-,13+,14+,15+,16+,17-/m0/s1. The van der Waals surface area contributed by atoms with E-state index in [1.165, 1.54) is 18.4 Å². The monoisotopic (exact) mass is 294 g/mol. The molecule has 21 heavy (non-hydrogen) atoms. The number of aliphatic hydroxyl groups is 1. The lowest BCUT2D eigenvalue weighted by Crippen LogP contribution is -2.54. The molecule has 120 valence electrons. The van der Waals surface area contributed by atoms with Gasteiger partial charge in [0.25, 0.3) is 0 Å². The molecule has 2 saturated carbocycles. The number of ether oxygens (including phenoxy) is 2. The number of aliphatic hydroxyl groups excluding tert-OH is 1. The van der Waals surface area contributed by atoms with Gasteiger partial charge in [0.1, 0.15) is 0 Å². The Morgan fingerprint density at radius 2 is 2.05 bits per heavy atom. The predicted molar refractivity (Wildman–Crippen MR) is 83.1 cm³/mol. The molecule has 0 bridgehead atoms. The second-order valence-corrected chi connectivity index (χ2v) is 8.02. The molecule has 1 N–H and O–H groups in total. The maximum Gasteiger partial charge on any atom is 0.0982 e. The fraction of sp³-hybridized carbons (Fsp3) is 0.889. The Hall–Kier alpha value is -0.380. The molecule has 2 aliphatic carbocycles. The molecule has 0 aromatic carbocycles. The maximum atomic E-state index is 10.6. The van der Waals surface area contributed by atoms with Crippen LogP contribution in [0.2, 0.25) is 0 Å². The van der Waals surface area contributed by atoms with Crippen molar-refractivity contribution in [2.45, 2.75) is 77.3 Å². The van der Waals surface area contributed by atoms with Crippen molar-refractivity contribution in [2.75, 3.05) is 7.11 Å². The Morgan fingerprint density at radius 3 is 2.57 bits per heavy atom. The summed E-state index contributed by atoms with van der Waals surface area (Å²) >= 11 is 0. The average molecular weight is 294 g/mol. The zero-order valence-corrected chi connectivity index (χ0v) is 14.1. The molecule has 0 amide bonds. The Kier molecular flexibility index (Phi) is 3.75. The SMILES string of the molecule is CO[C@@H]1[C@H](O)[C@@H](C)CC2(CC2)[C@H]1[C@@]1(C)O[C@@H]1CC=C(C)C. The Morgan fingerprint density at radius 1 is 1.38 bits per heavy atom. The third kappa shape index (κ3) is 2.47. The van der Waals surface area contributed by atoms with Gasteiger partial charge in [-0.25, -0.2) is 0 Å². The average Bonchev–Trinajstić information content (AvgIpc) is 3.31. The summed E-state index contributed by atoms with van der Waals surface area (Å²) in [4.78, 5) is 0. The Balaban J connectivity index is 1.81. The van der Waals surface area contributed by atoms with Crippen molar-refractivity contribution in [1.29, 1.82) is 0 Å². The van der Waals surface area contributed by atoms with Gasteiger partial charge in [0, 0.05) is 13.0 Å². The Labute approximate surface area is 128 Å². The maximum absolute atomic E-state index is 10.6. The zero-order chi connectivity index (χ0) is 15.4. The van der Waals surface area contributed by atoms with Crippen LogP contribution in [-0.4, -0.2) is 36.1 Å². The highest BCUT2D eigenvalue weighted by Gasteiger charge is 2.70. The van der Waals surface area contributed by atoms with Crippen LogP contribution >= 0.6 is 0 Å². The minimum absolute atomic E-state index is 0.0852. The van der Waals surface area contributed by atoms with Crippen molar-refractivity contribution in [3.8, 4) is 0 Å². The quantitative estimate of drug-likeness (QED) is 0.639. The van der Waals surface area contributed by atoms with Crippen molar-refractivity contribution in [3.63, 3.8) is 0 Å². The molecular formula is C18H30O3. The highest BCUT2D eigenvalue weighted by molar-refractivity contribution is 5.20. The molecule has 0 radical (unpaired) electrons. The van der Waals surface area contributed by atoms with Crippen LogP contribution < -0.4 is 0 Å². The first-order valence-corrected chi connectivity index (χ1v) is 8.36. The Bertz CT molecular complexity index is 436. The van der Waals surface area contributed by atoms with Gasteiger partial charge in [0.15, 0.2) is 0 Å². The fourth-order valence-electron chi connectivity index (χ4n) is 4.81. The smallest absolute Gasteiger partial charge is 0.0982 e. The lowest BCUT2D eigenvalue weighted by Gasteiger charge is -2.46. The number of hydrogen-bond donors (Lipinski definition) is 1. The summed E-state index contributed by atoms with van der Waals surface area (Å²) in [5.41, 5.74) is 1.58. The highest BCUT2D eigenvalue weighted by atomic mass is 16.6. The number of hydrogen-bond acceptors (Lipinski definition) is 3. The van der Waals surface area contributed by atoms with Crippen molar-refractivity contribution < 1.29 is 14.6 Å². The minimum atomic E-state index is -0.364. The van der Waals surface area contributed by atoms with Gasteiger partial charge in [-0.1, -0.05) is 18.6 Å². The third-order valence-corrected chi connectivity index (χ3v) is 6.14. The van der Waals surface area contributed by atoms with E-state index in [9.17, 15) is 5.11 Å². The van der Waals surface area contributed by atoms with E-state index in [0.717, 1.165) is 12.8 Å². The van der Waals surface area contributed by atoms with Crippen molar-refractivity contribution in [3.05, 3.63) is 11.6 Å². The molecule has 1 aliphatic heterocycles. The lowest BCUT2D eigenvalue weighted by atomic mass is 9.63. The first-order chi connectivity index (χ1) is 9.84. The topological polar surface area (TPSA) is 42.0 Å². The molecule has 3 fully saturated rings. The first-order valence-electron chi connectivity index (χ1n) is 8.36. The summed E-state index contributed by atoms with van der Waals surface area (Å²) in [6, 6.07) is 0. The largest absolute Gasteiger partial charge is 0.390 e. The van der Waals surface area contributed by atoms with Crippen LogP contribution in [0.3, 0.4) is 0 Å². The second-order valence-electron chi connectivity index (χ2n) is 8.02. The lowest BCUT2D eigenvalue weighted by molar-refractivity contribution is -0.138. The molecule has 6 atom stereocenters. The molecule has 1 saturated heterocycles. The summed E-state index contributed by atoms with van der Waals surface area (Å²) in [6.07, 6.45) is 6.73. The predicted octanol–water partition coefficient (Wildman–Crippen LogP) is 3.31. The highest BCUT2D eigenvalue weighted by Crippen LogP contribution is 2.68. The summed E-state index contributed by atoms with van der Waals surface area (Å²) in [7, 11) is 1.74. The van der Waals surface area contributed by atoms with Gasteiger partial charge in [0.05, 0.1) is 23.9 Å². The molecular weight excluding hydrogens is 264 g/mol. The van der Waals surface area contributed by atoms with E-state index >= 15 is 0 Å². The molecule has 3 rings (SSSR count). The number of rotatable bonds is 4. The second kappa shape index (κ2) is 5.07. The van der Waals surface area contributed by atoms with E-state index in [0.29, 0.717) is 17.3 Å². The van der Waals surface area contributed by atoms with E-state index < -0.39 is 0 Å². The van der Waals surface area contributed by atoms with Gasteiger partial charge in [-0.05, 0) is 57.8 Å². The molecule has 3 heteroatoms. The van der Waals surface area contributed by atoms with Crippen LogP contribution in [0, 0.1) is 17.3 Å². The molecule has 1 spiro atoms. The summed E-state index contributed by atoms with van der Waals surface area (Å²) in [5.74, 6) is 0.657. The molecule has 3 aliphatic rings. The zero-order valence-electron chi connectivity index (χ0n) is 14.1. The summed E-state index contributed by atoms with van der Waals surface area (Å²) in [5, 5.41) is 10.6. The van der Waals surface area contributed by atoms with Crippen molar-refractivity contribution >= 4 is 0 Å². The van der Waals surface area contributed by atoms with Gasteiger partial charge in [-0.15, -0.1) is 0 Å². The van der Waals surface area contributed by atoms with Gasteiger partial charge in [-0.2, -0.15) is 0 Å². The normalized spacial score (nSPS) is 47.2. The third-order valence-electron chi connectivity index (χ3n) is 6.14. The van der Waals surface area contributed by atoms with Crippen molar-refractivity contribution in [1.82, 2.24) is 0 Å². The van der Waals surface area contributed by atoms with Crippen LogP contribution in [0.5, 0.6) is 0 Å². The van der Waals surface area contributed by atoms with E-state index in [-0.39, 0.29) is 23.9 Å². The first kappa shape index (κ1) is 15.5. The summed E-state index contributed by atoms with van der Waals surface area (Å²) < 4.78 is 11.9. The van der Waals surface area contributed by atoms with Gasteiger partial charge >= 0.3 is 0 Å². The molecule has 0 aromatic rings.